The van der Waals surface area contributed by atoms with Gasteiger partial charge in [-0.15, -0.1) is 0 Å². The zero-order chi connectivity index (χ0) is 13.5. The number of aromatic nitrogens is 1. The highest BCUT2D eigenvalue weighted by atomic mass is 16.3. The molecule has 1 aromatic rings. The van der Waals surface area contributed by atoms with Gasteiger partial charge in [0.2, 0.25) is 5.91 Å². The van der Waals surface area contributed by atoms with Gasteiger partial charge in [0.25, 0.3) is 0 Å². The predicted octanol–water partition coefficient (Wildman–Crippen LogP) is -0.186. The van der Waals surface area contributed by atoms with Gasteiger partial charge in [0.1, 0.15) is 5.75 Å². The van der Waals surface area contributed by atoms with Crippen molar-refractivity contribution in [3.05, 3.63) is 23.0 Å². The van der Waals surface area contributed by atoms with E-state index in [1.165, 1.54) is 0 Å². The van der Waals surface area contributed by atoms with Crippen LogP contribution in [0, 0.1) is 6.92 Å². The lowest BCUT2D eigenvalue weighted by Gasteiger charge is -2.12. The van der Waals surface area contributed by atoms with Gasteiger partial charge >= 0.3 is 0 Å². The van der Waals surface area contributed by atoms with Gasteiger partial charge in [-0.05, 0) is 6.92 Å². The van der Waals surface area contributed by atoms with Crippen molar-refractivity contribution in [2.75, 3.05) is 13.6 Å². The van der Waals surface area contributed by atoms with Gasteiger partial charge in [-0.2, -0.15) is 0 Å². The molecular formula is C12H19N3O3. The van der Waals surface area contributed by atoms with E-state index in [9.17, 15) is 15.0 Å². The van der Waals surface area contributed by atoms with Crippen molar-refractivity contribution in [1.82, 2.24) is 15.6 Å². The molecule has 1 amide bonds. The molecule has 0 aromatic carbocycles. The number of carbonyl (C=O) groups excluding carboxylic acids is 1. The molecule has 0 aliphatic heterocycles. The summed E-state index contributed by atoms with van der Waals surface area (Å²) in [7, 11) is 1.59. The molecule has 1 heterocycles. The van der Waals surface area contributed by atoms with Gasteiger partial charge < -0.3 is 20.8 Å². The Morgan fingerprint density at radius 1 is 1.50 bits per heavy atom. The first-order chi connectivity index (χ1) is 8.60. The summed E-state index contributed by atoms with van der Waals surface area (Å²) in [6.07, 6.45) is 1.92. The smallest absolute Gasteiger partial charge is 0.221 e. The number of rotatable bonds is 6. The van der Waals surface area contributed by atoms with E-state index in [1.54, 1.807) is 20.2 Å². The summed E-state index contributed by atoms with van der Waals surface area (Å²) in [4.78, 5) is 15.0. The van der Waals surface area contributed by atoms with Crippen molar-refractivity contribution in [3.63, 3.8) is 0 Å². The molecule has 1 rings (SSSR count). The molecule has 1 aromatic heterocycles. The van der Waals surface area contributed by atoms with Crippen LogP contribution >= 0.6 is 0 Å². The maximum absolute atomic E-state index is 11.0. The Hall–Kier alpha value is -1.66. The Kier molecular flexibility index (Phi) is 5.54. The van der Waals surface area contributed by atoms with Crippen molar-refractivity contribution in [2.24, 2.45) is 0 Å². The summed E-state index contributed by atoms with van der Waals surface area (Å²) in [5.41, 5.74) is 1.74. The summed E-state index contributed by atoms with van der Waals surface area (Å²) in [5, 5.41) is 24.6. The second-order valence-electron chi connectivity index (χ2n) is 3.95. The first kappa shape index (κ1) is 14.4. The van der Waals surface area contributed by atoms with Crippen LogP contribution in [0.1, 0.15) is 23.2 Å². The van der Waals surface area contributed by atoms with Crippen LogP contribution in [-0.4, -0.2) is 34.7 Å². The number of hydrogen-bond donors (Lipinski definition) is 4. The minimum Gasteiger partial charge on any atom is -0.506 e. The molecule has 0 spiro atoms. The highest BCUT2D eigenvalue weighted by Gasteiger charge is 2.10. The average molecular weight is 253 g/mol. The van der Waals surface area contributed by atoms with Crippen molar-refractivity contribution < 1.29 is 15.0 Å². The number of nitrogens with zero attached hydrogens (tertiary/aromatic N) is 1. The van der Waals surface area contributed by atoms with Gasteiger partial charge in [-0.3, -0.25) is 9.78 Å². The number of nitrogens with one attached hydrogen (secondary N) is 2. The van der Waals surface area contributed by atoms with E-state index in [0.717, 1.165) is 0 Å². The van der Waals surface area contributed by atoms with E-state index in [1.807, 2.05) is 0 Å². The maximum Gasteiger partial charge on any atom is 0.221 e. The Balaban J connectivity index is 2.61. The van der Waals surface area contributed by atoms with Crippen LogP contribution in [0.25, 0.3) is 0 Å². The molecule has 0 aliphatic carbocycles. The Morgan fingerprint density at radius 2 is 2.22 bits per heavy atom. The molecule has 0 aliphatic rings. The number of amides is 1. The maximum atomic E-state index is 11.0. The standard InChI is InChI=1S/C12H19N3O3/c1-8-12(18)10(9(7-16)5-15-8)6-14-4-3-11(17)13-2/h5,14,16,18H,3-4,6-7H2,1-2H3,(H,13,17). The van der Waals surface area contributed by atoms with Crippen molar-refractivity contribution in [3.8, 4) is 5.75 Å². The summed E-state index contributed by atoms with van der Waals surface area (Å²) >= 11 is 0. The molecule has 100 valence electrons. The van der Waals surface area contributed by atoms with Crippen molar-refractivity contribution >= 4 is 5.91 Å². The molecule has 18 heavy (non-hydrogen) atoms. The molecule has 0 bridgehead atoms. The lowest BCUT2D eigenvalue weighted by molar-refractivity contribution is -0.120. The molecule has 0 fully saturated rings. The summed E-state index contributed by atoms with van der Waals surface area (Å²) in [6.45, 7) is 2.42. The fourth-order valence-electron chi connectivity index (χ4n) is 1.56. The molecule has 0 saturated heterocycles. The zero-order valence-electron chi connectivity index (χ0n) is 10.7. The zero-order valence-corrected chi connectivity index (χ0v) is 10.7. The van der Waals surface area contributed by atoms with Crippen LogP contribution in [0.4, 0.5) is 0 Å². The lowest BCUT2D eigenvalue weighted by atomic mass is 10.1. The van der Waals surface area contributed by atoms with Gasteiger partial charge in [-0.25, -0.2) is 0 Å². The normalized spacial score (nSPS) is 10.4. The predicted molar refractivity (Wildman–Crippen MR) is 67.0 cm³/mol. The number of aliphatic hydroxyl groups is 1. The third-order valence-electron chi connectivity index (χ3n) is 2.71. The van der Waals surface area contributed by atoms with E-state index in [0.29, 0.717) is 36.3 Å². The fourth-order valence-corrected chi connectivity index (χ4v) is 1.56. The van der Waals surface area contributed by atoms with E-state index in [-0.39, 0.29) is 18.3 Å². The Morgan fingerprint density at radius 3 is 2.83 bits per heavy atom. The summed E-state index contributed by atoms with van der Waals surface area (Å²) < 4.78 is 0. The topological polar surface area (TPSA) is 94.5 Å². The molecular weight excluding hydrogens is 234 g/mol. The van der Waals surface area contributed by atoms with E-state index in [2.05, 4.69) is 15.6 Å². The molecule has 4 N–H and O–H groups in total. The third kappa shape index (κ3) is 3.68. The Labute approximate surface area is 106 Å². The van der Waals surface area contributed by atoms with Crippen LogP contribution in [0.15, 0.2) is 6.20 Å². The second kappa shape index (κ2) is 6.93. The summed E-state index contributed by atoms with van der Waals surface area (Å²) in [5.74, 6) is 0.0500. The molecule has 0 atom stereocenters. The SMILES string of the molecule is CNC(=O)CCNCc1c(CO)cnc(C)c1O. The van der Waals surface area contributed by atoms with E-state index >= 15 is 0 Å². The average Bonchev–Trinajstić information content (AvgIpc) is 2.38. The monoisotopic (exact) mass is 253 g/mol. The molecule has 6 heteroatoms. The summed E-state index contributed by atoms with van der Waals surface area (Å²) in [6, 6.07) is 0. The highest BCUT2D eigenvalue weighted by molar-refractivity contribution is 5.75. The number of carbonyl (C=O) groups is 1. The molecule has 0 unspecified atom stereocenters. The van der Waals surface area contributed by atoms with Gasteiger partial charge in [-0.1, -0.05) is 0 Å². The second-order valence-corrected chi connectivity index (χ2v) is 3.95. The van der Waals surface area contributed by atoms with Crippen molar-refractivity contribution in [1.29, 1.82) is 0 Å². The lowest BCUT2D eigenvalue weighted by Crippen LogP contribution is -2.24. The third-order valence-corrected chi connectivity index (χ3v) is 2.71. The number of aryl methyl sites for hydroxylation is 1. The van der Waals surface area contributed by atoms with Crippen LogP contribution in [-0.2, 0) is 17.9 Å². The van der Waals surface area contributed by atoms with E-state index in [4.69, 9.17) is 0 Å². The van der Waals surface area contributed by atoms with Crippen LogP contribution in [0.2, 0.25) is 0 Å². The Bertz CT molecular complexity index is 421. The van der Waals surface area contributed by atoms with E-state index < -0.39 is 0 Å². The van der Waals surface area contributed by atoms with Crippen LogP contribution < -0.4 is 10.6 Å². The van der Waals surface area contributed by atoms with Gasteiger partial charge in [0, 0.05) is 43.9 Å². The largest absolute Gasteiger partial charge is 0.506 e. The van der Waals surface area contributed by atoms with Crippen LogP contribution in [0.3, 0.4) is 0 Å². The fraction of sp³-hybridized carbons (Fsp3) is 0.500. The number of aromatic hydroxyl groups is 1. The van der Waals surface area contributed by atoms with Crippen LogP contribution in [0.5, 0.6) is 5.75 Å². The number of hydrogen-bond acceptors (Lipinski definition) is 5. The number of pyridine rings is 1. The minimum absolute atomic E-state index is 0.0417. The van der Waals surface area contributed by atoms with Gasteiger partial charge in [0.15, 0.2) is 0 Å². The van der Waals surface area contributed by atoms with Gasteiger partial charge in [0.05, 0.1) is 12.3 Å². The molecule has 6 nitrogen and oxygen atoms in total. The highest BCUT2D eigenvalue weighted by Crippen LogP contribution is 2.23. The molecule has 0 radical (unpaired) electrons. The molecule has 0 saturated carbocycles. The quantitative estimate of drug-likeness (QED) is 0.527. The van der Waals surface area contributed by atoms with Crippen molar-refractivity contribution in [2.45, 2.75) is 26.5 Å². The number of aliphatic hydroxyl groups excluding tert-OH is 1. The first-order valence-electron chi connectivity index (χ1n) is 5.78. The minimum atomic E-state index is -0.173. The first-order valence-corrected chi connectivity index (χ1v) is 5.78.